The molecule has 2 saturated heterocycles. The SMILES string of the molecule is CCNc1ncc(Br)c(NC2CC3CCC2O3)n1. The summed E-state index contributed by atoms with van der Waals surface area (Å²) < 4.78 is 6.73. The lowest BCUT2D eigenvalue weighted by atomic mass is 9.95. The summed E-state index contributed by atoms with van der Waals surface area (Å²) >= 11 is 3.49. The Balaban J connectivity index is 1.73. The second-order valence-electron chi connectivity index (χ2n) is 4.78. The van der Waals surface area contributed by atoms with Crippen LogP contribution in [0.2, 0.25) is 0 Å². The van der Waals surface area contributed by atoms with Crippen molar-refractivity contribution in [1.29, 1.82) is 0 Å². The summed E-state index contributed by atoms with van der Waals surface area (Å²) in [5, 5.41) is 6.60. The molecule has 98 valence electrons. The lowest BCUT2D eigenvalue weighted by Crippen LogP contribution is -2.31. The maximum absolute atomic E-state index is 5.84. The zero-order chi connectivity index (χ0) is 12.5. The normalized spacial score (nSPS) is 29.6. The quantitative estimate of drug-likeness (QED) is 0.894. The Bertz CT molecular complexity index is 442. The van der Waals surface area contributed by atoms with Crippen LogP contribution < -0.4 is 10.6 Å². The Kier molecular flexibility index (Phi) is 3.39. The highest BCUT2D eigenvalue weighted by Crippen LogP contribution is 2.36. The topological polar surface area (TPSA) is 59.1 Å². The van der Waals surface area contributed by atoms with E-state index >= 15 is 0 Å². The molecule has 0 amide bonds. The summed E-state index contributed by atoms with van der Waals surface area (Å²) in [7, 11) is 0. The van der Waals surface area contributed by atoms with Gasteiger partial charge in [-0.3, -0.25) is 0 Å². The largest absolute Gasteiger partial charge is 0.373 e. The summed E-state index contributed by atoms with van der Waals surface area (Å²) in [4.78, 5) is 8.68. The van der Waals surface area contributed by atoms with Crippen molar-refractivity contribution in [1.82, 2.24) is 9.97 Å². The Labute approximate surface area is 115 Å². The minimum Gasteiger partial charge on any atom is -0.373 e. The number of hydrogen-bond acceptors (Lipinski definition) is 5. The minimum absolute atomic E-state index is 0.347. The smallest absolute Gasteiger partial charge is 0.224 e. The van der Waals surface area contributed by atoms with E-state index in [4.69, 9.17) is 4.74 Å². The van der Waals surface area contributed by atoms with Crippen LogP contribution in [0, 0.1) is 0 Å². The average Bonchev–Trinajstić information content (AvgIpc) is 2.96. The van der Waals surface area contributed by atoms with Gasteiger partial charge in [-0.2, -0.15) is 4.98 Å². The molecule has 3 unspecified atom stereocenters. The predicted octanol–water partition coefficient (Wildman–Crippen LogP) is 2.40. The van der Waals surface area contributed by atoms with Crippen molar-refractivity contribution in [3.63, 3.8) is 0 Å². The van der Waals surface area contributed by atoms with Gasteiger partial charge in [0.25, 0.3) is 0 Å². The molecule has 0 aromatic carbocycles. The lowest BCUT2D eigenvalue weighted by molar-refractivity contribution is 0.102. The van der Waals surface area contributed by atoms with E-state index in [1.807, 2.05) is 6.92 Å². The van der Waals surface area contributed by atoms with Crippen LogP contribution in [0.1, 0.15) is 26.2 Å². The number of rotatable bonds is 4. The molecule has 0 spiro atoms. The number of hydrogen-bond donors (Lipinski definition) is 2. The van der Waals surface area contributed by atoms with Gasteiger partial charge in [-0.05, 0) is 42.1 Å². The van der Waals surface area contributed by atoms with Crippen molar-refractivity contribution >= 4 is 27.7 Å². The first kappa shape index (κ1) is 12.2. The molecule has 6 heteroatoms. The predicted molar refractivity (Wildman–Crippen MR) is 73.8 cm³/mol. The van der Waals surface area contributed by atoms with Crippen LogP contribution in [0.5, 0.6) is 0 Å². The van der Waals surface area contributed by atoms with Crippen molar-refractivity contribution in [2.45, 2.75) is 44.4 Å². The van der Waals surface area contributed by atoms with Crippen LogP contribution in [0.15, 0.2) is 10.7 Å². The molecule has 3 heterocycles. The van der Waals surface area contributed by atoms with Crippen LogP contribution in [0.4, 0.5) is 11.8 Å². The zero-order valence-electron chi connectivity index (χ0n) is 10.3. The molecular formula is C12H17BrN4O. The van der Waals surface area contributed by atoms with E-state index < -0.39 is 0 Å². The summed E-state index contributed by atoms with van der Waals surface area (Å²) in [6.07, 6.45) is 6.02. The molecule has 2 aliphatic heterocycles. The summed E-state index contributed by atoms with van der Waals surface area (Å²) in [6, 6.07) is 0.379. The fourth-order valence-corrected chi connectivity index (χ4v) is 2.98. The molecule has 2 fully saturated rings. The molecule has 3 atom stereocenters. The first-order valence-electron chi connectivity index (χ1n) is 6.44. The van der Waals surface area contributed by atoms with Gasteiger partial charge in [-0.1, -0.05) is 0 Å². The molecule has 5 nitrogen and oxygen atoms in total. The third-order valence-corrected chi connectivity index (χ3v) is 4.09. The van der Waals surface area contributed by atoms with Crippen molar-refractivity contribution in [2.75, 3.05) is 17.2 Å². The molecule has 1 aromatic heterocycles. The number of ether oxygens (including phenoxy) is 1. The third kappa shape index (κ3) is 2.31. The maximum atomic E-state index is 5.84. The molecule has 0 aliphatic carbocycles. The standard InChI is InChI=1S/C12H17BrN4O/c1-2-14-12-15-6-8(13)11(17-12)16-9-5-7-3-4-10(9)18-7/h6-7,9-10H,2-5H2,1H3,(H2,14,15,16,17). The molecule has 2 N–H and O–H groups in total. The highest BCUT2D eigenvalue weighted by Gasteiger charge is 2.41. The van der Waals surface area contributed by atoms with E-state index in [1.165, 1.54) is 6.42 Å². The fraction of sp³-hybridized carbons (Fsp3) is 0.667. The number of nitrogens with one attached hydrogen (secondary N) is 2. The van der Waals surface area contributed by atoms with Crippen LogP contribution in [0.25, 0.3) is 0 Å². The van der Waals surface area contributed by atoms with E-state index in [1.54, 1.807) is 6.20 Å². The van der Waals surface area contributed by atoms with Gasteiger partial charge < -0.3 is 15.4 Å². The van der Waals surface area contributed by atoms with Crippen LogP contribution >= 0.6 is 15.9 Å². The van der Waals surface area contributed by atoms with Gasteiger partial charge in [0.2, 0.25) is 5.95 Å². The summed E-state index contributed by atoms with van der Waals surface area (Å²) in [5.41, 5.74) is 0. The Hall–Kier alpha value is -0.880. The van der Waals surface area contributed by atoms with Crippen molar-refractivity contribution in [2.24, 2.45) is 0 Å². The first-order chi connectivity index (χ1) is 8.76. The number of anilines is 2. The Morgan fingerprint density at radius 3 is 3.06 bits per heavy atom. The fourth-order valence-electron chi connectivity index (χ4n) is 2.68. The molecule has 1 aromatic rings. The molecule has 0 saturated carbocycles. The highest BCUT2D eigenvalue weighted by molar-refractivity contribution is 9.10. The van der Waals surface area contributed by atoms with Crippen molar-refractivity contribution < 1.29 is 4.74 Å². The molecule has 18 heavy (non-hydrogen) atoms. The van der Waals surface area contributed by atoms with E-state index in [0.29, 0.717) is 24.2 Å². The summed E-state index contributed by atoms with van der Waals surface area (Å²) in [6.45, 7) is 2.85. The van der Waals surface area contributed by atoms with Crippen LogP contribution in [-0.2, 0) is 4.74 Å². The number of aromatic nitrogens is 2. The zero-order valence-corrected chi connectivity index (χ0v) is 11.9. The van der Waals surface area contributed by atoms with E-state index in [2.05, 4.69) is 36.5 Å². The Morgan fingerprint density at radius 2 is 2.39 bits per heavy atom. The Morgan fingerprint density at radius 1 is 1.50 bits per heavy atom. The number of fused-ring (bicyclic) bond motifs is 2. The average molecular weight is 313 g/mol. The van der Waals surface area contributed by atoms with E-state index in [9.17, 15) is 0 Å². The number of nitrogens with zero attached hydrogens (tertiary/aromatic N) is 2. The molecular weight excluding hydrogens is 296 g/mol. The van der Waals surface area contributed by atoms with Gasteiger partial charge in [0, 0.05) is 12.7 Å². The van der Waals surface area contributed by atoms with Gasteiger partial charge >= 0.3 is 0 Å². The molecule has 3 rings (SSSR count). The van der Waals surface area contributed by atoms with E-state index in [-0.39, 0.29) is 0 Å². The van der Waals surface area contributed by atoms with Gasteiger partial charge in [-0.15, -0.1) is 0 Å². The molecule has 0 radical (unpaired) electrons. The van der Waals surface area contributed by atoms with Gasteiger partial charge in [0.15, 0.2) is 0 Å². The lowest BCUT2D eigenvalue weighted by Gasteiger charge is -2.21. The second-order valence-corrected chi connectivity index (χ2v) is 5.64. The second kappa shape index (κ2) is 5.01. The number of halogens is 1. The molecule has 2 bridgehead atoms. The van der Waals surface area contributed by atoms with Gasteiger partial charge in [-0.25, -0.2) is 4.98 Å². The highest BCUT2D eigenvalue weighted by atomic mass is 79.9. The maximum Gasteiger partial charge on any atom is 0.224 e. The van der Waals surface area contributed by atoms with E-state index in [0.717, 1.165) is 29.7 Å². The summed E-state index contributed by atoms with van der Waals surface area (Å²) in [5.74, 6) is 1.51. The van der Waals surface area contributed by atoms with Gasteiger partial charge in [0.1, 0.15) is 5.82 Å². The van der Waals surface area contributed by atoms with Crippen molar-refractivity contribution in [3.8, 4) is 0 Å². The first-order valence-corrected chi connectivity index (χ1v) is 7.24. The monoisotopic (exact) mass is 312 g/mol. The van der Waals surface area contributed by atoms with Crippen LogP contribution in [0.3, 0.4) is 0 Å². The minimum atomic E-state index is 0.347. The van der Waals surface area contributed by atoms with Crippen molar-refractivity contribution in [3.05, 3.63) is 10.7 Å². The third-order valence-electron chi connectivity index (χ3n) is 3.51. The van der Waals surface area contributed by atoms with Gasteiger partial charge in [0.05, 0.1) is 22.7 Å². The molecule has 2 aliphatic rings. The van der Waals surface area contributed by atoms with Crippen LogP contribution in [-0.4, -0.2) is 34.8 Å².